The van der Waals surface area contributed by atoms with Crippen molar-refractivity contribution in [2.24, 2.45) is 0 Å². The second kappa shape index (κ2) is 5.94. The number of ether oxygens (including phenoxy) is 1. The first-order valence-electron chi connectivity index (χ1n) is 6.49. The van der Waals surface area contributed by atoms with E-state index in [1.807, 2.05) is 11.7 Å². The predicted molar refractivity (Wildman–Crippen MR) is 71.5 cm³/mol. The lowest BCUT2D eigenvalue weighted by Gasteiger charge is -2.34. The van der Waals surface area contributed by atoms with Crippen LogP contribution in [0.15, 0.2) is 11.7 Å². The fraction of sp³-hybridized carbons (Fsp3) is 0.769. The first-order chi connectivity index (χ1) is 8.24. The van der Waals surface area contributed by atoms with E-state index in [1.165, 1.54) is 11.3 Å². The molecule has 1 fully saturated rings. The Morgan fingerprint density at radius 3 is 3.12 bits per heavy atom. The Morgan fingerprint density at radius 1 is 1.65 bits per heavy atom. The highest BCUT2D eigenvalue weighted by Gasteiger charge is 2.38. The molecule has 96 valence electrons. The minimum Gasteiger partial charge on any atom is -0.374 e. The van der Waals surface area contributed by atoms with E-state index in [1.54, 1.807) is 11.3 Å². The summed E-state index contributed by atoms with van der Waals surface area (Å²) in [5.41, 5.74) is 1.91. The fourth-order valence-electron chi connectivity index (χ4n) is 2.44. The van der Waals surface area contributed by atoms with Crippen LogP contribution in [0.2, 0.25) is 0 Å². The van der Waals surface area contributed by atoms with Crippen LogP contribution >= 0.6 is 11.3 Å². The monoisotopic (exact) mass is 254 g/mol. The molecule has 1 aliphatic rings. The summed E-state index contributed by atoms with van der Waals surface area (Å²) >= 11 is 1.74. The van der Waals surface area contributed by atoms with Crippen LogP contribution in [0, 0.1) is 0 Å². The highest BCUT2D eigenvalue weighted by atomic mass is 32.1. The van der Waals surface area contributed by atoms with Crippen molar-refractivity contribution in [3.05, 3.63) is 16.6 Å². The molecule has 0 bridgehead atoms. The largest absolute Gasteiger partial charge is 0.374 e. The summed E-state index contributed by atoms with van der Waals surface area (Å²) in [6, 6.07) is 0.408. The van der Waals surface area contributed by atoms with Crippen LogP contribution in [0.4, 0.5) is 0 Å². The van der Waals surface area contributed by atoms with Crippen molar-refractivity contribution in [3.63, 3.8) is 0 Å². The Bertz CT molecular complexity index is 320. The summed E-state index contributed by atoms with van der Waals surface area (Å²) in [4.78, 5) is 5.50. The number of nitrogens with zero attached hydrogens (tertiary/aromatic N) is 1. The quantitative estimate of drug-likeness (QED) is 0.847. The zero-order valence-corrected chi connectivity index (χ0v) is 11.6. The Hall–Kier alpha value is -0.450. The molecule has 0 amide bonds. The summed E-state index contributed by atoms with van der Waals surface area (Å²) in [5.74, 6) is 0. The summed E-state index contributed by atoms with van der Waals surface area (Å²) in [6.07, 6.45) is 6.51. The van der Waals surface area contributed by atoms with Crippen molar-refractivity contribution in [2.45, 2.75) is 51.2 Å². The number of hydrogen-bond acceptors (Lipinski definition) is 4. The molecule has 17 heavy (non-hydrogen) atoms. The van der Waals surface area contributed by atoms with Crippen molar-refractivity contribution >= 4 is 11.3 Å². The number of nitrogens with one attached hydrogen (secondary N) is 1. The molecule has 1 aromatic heterocycles. The third kappa shape index (κ3) is 3.27. The molecule has 0 aromatic carbocycles. The molecule has 1 saturated heterocycles. The van der Waals surface area contributed by atoms with Gasteiger partial charge in [0.15, 0.2) is 0 Å². The van der Waals surface area contributed by atoms with Crippen LogP contribution in [0.5, 0.6) is 0 Å². The van der Waals surface area contributed by atoms with E-state index in [2.05, 4.69) is 24.1 Å². The van der Waals surface area contributed by atoms with Gasteiger partial charge in [-0.25, -0.2) is 0 Å². The van der Waals surface area contributed by atoms with Gasteiger partial charge in [0.2, 0.25) is 0 Å². The Labute approximate surface area is 108 Å². The SMILES string of the molecule is CCCNC(Cc1cncs1)C1(C)CCCO1. The van der Waals surface area contributed by atoms with E-state index in [4.69, 9.17) is 4.74 Å². The van der Waals surface area contributed by atoms with E-state index >= 15 is 0 Å². The van der Waals surface area contributed by atoms with Gasteiger partial charge in [0, 0.05) is 30.1 Å². The predicted octanol–water partition coefficient (Wildman–Crippen LogP) is 2.62. The average Bonchev–Trinajstić information content (AvgIpc) is 2.96. The molecule has 0 aliphatic carbocycles. The third-order valence-corrected chi connectivity index (χ3v) is 4.32. The van der Waals surface area contributed by atoms with E-state index in [-0.39, 0.29) is 5.60 Å². The molecule has 2 atom stereocenters. The third-order valence-electron chi connectivity index (χ3n) is 3.52. The molecule has 1 aromatic rings. The average molecular weight is 254 g/mol. The maximum absolute atomic E-state index is 5.97. The van der Waals surface area contributed by atoms with Crippen LogP contribution in [0.25, 0.3) is 0 Å². The molecule has 4 heteroatoms. The van der Waals surface area contributed by atoms with E-state index < -0.39 is 0 Å². The molecule has 2 rings (SSSR count). The zero-order chi connectivity index (χ0) is 12.1. The zero-order valence-electron chi connectivity index (χ0n) is 10.7. The molecule has 0 spiro atoms. The number of thiazole rings is 1. The van der Waals surface area contributed by atoms with Gasteiger partial charge in [-0.15, -0.1) is 11.3 Å². The molecule has 1 aliphatic heterocycles. The van der Waals surface area contributed by atoms with Gasteiger partial charge in [0.1, 0.15) is 0 Å². The first-order valence-corrected chi connectivity index (χ1v) is 7.37. The van der Waals surface area contributed by atoms with Crippen LogP contribution < -0.4 is 5.32 Å². The van der Waals surface area contributed by atoms with Gasteiger partial charge in [-0.3, -0.25) is 4.98 Å². The maximum atomic E-state index is 5.97. The van der Waals surface area contributed by atoms with Gasteiger partial charge >= 0.3 is 0 Å². The molecule has 3 nitrogen and oxygen atoms in total. The molecule has 2 unspecified atom stereocenters. The van der Waals surface area contributed by atoms with Crippen molar-refractivity contribution < 1.29 is 4.74 Å². The first kappa shape index (κ1) is 13.0. The number of aromatic nitrogens is 1. The Morgan fingerprint density at radius 2 is 2.53 bits per heavy atom. The van der Waals surface area contributed by atoms with Gasteiger partial charge in [-0.1, -0.05) is 6.92 Å². The minimum absolute atomic E-state index is 0.000833. The summed E-state index contributed by atoms with van der Waals surface area (Å²) in [7, 11) is 0. The summed E-state index contributed by atoms with van der Waals surface area (Å²) < 4.78 is 5.97. The van der Waals surface area contributed by atoms with Gasteiger partial charge in [-0.2, -0.15) is 0 Å². The van der Waals surface area contributed by atoms with Crippen molar-refractivity contribution in [1.82, 2.24) is 10.3 Å². The molecular formula is C13H22N2OS. The minimum atomic E-state index is -0.000833. The topological polar surface area (TPSA) is 34.2 Å². The second-order valence-electron chi connectivity index (χ2n) is 4.94. The van der Waals surface area contributed by atoms with Gasteiger partial charge < -0.3 is 10.1 Å². The highest BCUT2D eigenvalue weighted by Crippen LogP contribution is 2.30. The maximum Gasteiger partial charge on any atom is 0.0811 e. The number of rotatable bonds is 6. The van der Waals surface area contributed by atoms with E-state index in [0.717, 1.165) is 32.4 Å². The van der Waals surface area contributed by atoms with E-state index in [0.29, 0.717) is 6.04 Å². The molecular weight excluding hydrogens is 232 g/mol. The molecule has 0 saturated carbocycles. The summed E-state index contributed by atoms with van der Waals surface area (Å²) in [5, 5.41) is 3.64. The second-order valence-corrected chi connectivity index (χ2v) is 5.91. The smallest absolute Gasteiger partial charge is 0.0811 e. The lowest BCUT2D eigenvalue weighted by atomic mass is 9.90. The van der Waals surface area contributed by atoms with E-state index in [9.17, 15) is 0 Å². The van der Waals surface area contributed by atoms with Crippen LogP contribution in [-0.4, -0.2) is 29.8 Å². The highest BCUT2D eigenvalue weighted by molar-refractivity contribution is 7.09. The van der Waals surface area contributed by atoms with Crippen LogP contribution in [0.1, 0.15) is 38.0 Å². The summed E-state index contributed by atoms with van der Waals surface area (Å²) in [6.45, 7) is 6.41. The Kier molecular flexibility index (Phi) is 4.54. The lowest BCUT2D eigenvalue weighted by molar-refractivity contribution is -0.0112. The normalized spacial score (nSPS) is 26.2. The van der Waals surface area contributed by atoms with Crippen molar-refractivity contribution in [1.29, 1.82) is 0 Å². The van der Waals surface area contributed by atoms with Gasteiger partial charge in [0.05, 0.1) is 11.1 Å². The van der Waals surface area contributed by atoms with Gasteiger partial charge in [0.25, 0.3) is 0 Å². The van der Waals surface area contributed by atoms with Crippen LogP contribution in [0.3, 0.4) is 0 Å². The molecule has 1 N–H and O–H groups in total. The Balaban J connectivity index is 2.02. The molecule has 2 heterocycles. The van der Waals surface area contributed by atoms with Gasteiger partial charge in [-0.05, 0) is 32.7 Å². The number of hydrogen-bond donors (Lipinski definition) is 1. The van der Waals surface area contributed by atoms with Crippen molar-refractivity contribution in [3.8, 4) is 0 Å². The standard InChI is InChI=1S/C13H22N2OS/c1-3-6-15-12(8-11-9-14-10-17-11)13(2)5-4-7-16-13/h9-10,12,15H,3-8H2,1-2H3. The fourth-order valence-corrected chi connectivity index (χ4v) is 3.08. The van der Waals surface area contributed by atoms with Crippen molar-refractivity contribution in [2.75, 3.05) is 13.2 Å². The molecule has 0 radical (unpaired) electrons. The lowest BCUT2D eigenvalue weighted by Crippen LogP contribution is -2.50. The van der Waals surface area contributed by atoms with Crippen LogP contribution in [-0.2, 0) is 11.2 Å².